The van der Waals surface area contributed by atoms with E-state index < -0.39 is 5.97 Å². The van der Waals surface area contributed by atoms with Gasteiger partial charge in [-0.05, 0) is 12.1 Å². The van der Waals surface area contributed by atoms with Gasteiger partial charge in [-0.25, -0.2) is 0 Å². The summed E-state index contributed by atoms with van der Waals surface area (Å²) in [6, 6.07) is 5.38. The Morgan fingerprint density at radius 2 is 2.38 bits per heavy atom. The minimum absolute atomic E-state index is 0.00122. The predicted molar refractivity (Wildman–Crippen MR) is 59.2 cm³/mol. The average molecular weight is 222 g/mol. The van der Waals surface area contributed by atoms with Crippen LogP contribution >= 0.6 is 0 Å². The third-order valence-electron chi connectivity index (χ3n) is 2.06. The van der Waals surface area contributed by atoms with Crippen LogP contribution in [0, 0.1) is 5.92 Å². The Bertz CT molecular complexity index is 376. The first-order valence-electron chi connectivity index (χ1n) is 4.89. The highest BCUT2D eigenvalue weighted by Gasteiger charge is 2.18. The number of rotatable bonds is 5. The van der Waals surface area contributed by atoms with Crippen molar-refractivity contribution in [3.63, 3.8) is 0 Å². The van der Waals surface area contributed by atoms with Gasteiger partial charge < -0.3 is 9.94 Å². The lowest BCUT2D eigenvalue weighted by molar-refractivity contribution is -0.137. The summed E-state index contributed by atoms with van der Waals surface area (Å²) >= 11 is 0. The van der Waals surface area contributed by atoms with Gasteiger partial charge in [0, 0.05) is 12.1 Å². The van der Waals surface area contributed by atoms with E-state index in [1.165, 1.54) is 7.11 Å². The van der Waals surface area contributed by atoms with Crippen molar-refractivity contribution in [2.45, 2.75) is 13.3 Å². The lowest BCUT2D eigenvalue weighted by Gasteiger charge is -2.10. The van der Waals surface area contributed by atoms with Gasteiger partial charge in [0.05, 0.1) is 12.1 Å². The summed E-state index contributed by atoms with van der Waals surface area (Å²) in [6.45, 7) is 1.78. The van der Waals surface area contributed by atoms with Crippen molar-refractivity contribution in [1.82, 2.24) is 4.98 Å². The maximum absolute atomic E-state index is 10.6. The maximum atomic E-state index is 10.6. The van der Waals surface area contributed by atoms with Crippen LogP contribution in [0.5, 0.6) is 0 Å². The number of carboxylic acid groups (broad SMARTS) is 1. The van der Waals surface area contributed by atoms with Gasteiger partial charge >= 0.3 is 5.97 Å². The number of carbonyl (C=O) groups is 1. The minimum Gasteiger partial charge on any atom is -0.481 e. The number of hydrogen-bond donors (Lipinski definition) is 1. The zero-order chi connectivity index (χ0) is 12.0. The number of oxime groups is 1. The number of aromatic nitrogens is 1. The molecule has 0 spiro atoms. The second-order valence-electron chi connectivity index (χ2n) is 3.37. The van der Waals surface area contributed by atoms with Crippen LogP contribution in [0.2, 0.25) is 0 Å². The van der Waals surface area contributed by atoms with Crippen LogP contribution < -0.4 is 0 Å². The first-order valence-corrected chi connectivity index (χ1v) is 4.89. The fraction of sp³-hybridized carbons (Fsp3) is 0.364. The largest absolute Gasteiger partial charge is 0.481 e. The zero-order valence-corrected chi connectivity index (χ0v) is 9.25. The lowest BCUT2D eigenvalue weighted by Crippen LogP contribution is -2.18. The van der Waals surface area contributed by atoms with Crippen LogP contribution in [-0.4, -0.2) is 28.9 Å². The quantitative estimate of drug-likeness (QED) is 0.606. The molecular formula is C11H14N2O3. The van der Waals surface area contributed by atoms with Crippen molar-refractivity contribution in [2.24, 2.45) is 11.1 Å². The molecule has 1 rings (SSSR count). The molecule has 1 heterocycles. The Morgan fingerprint density at radius 1 is 1.62 bits per heavy atom. The molecule has 1 unspecified atom stereocenters. The monoisotopic (exact) mass is 222 g/mol. The molecule has 0 aliphatic rings. The number of aliphatic carboxylic acids is 1. The van der Waals surface area contributed by atoms with Crippen molar-refractivity contribution in [1.29, 1.82) is 0 Å². The highest BCUT2D eigenvalue weighted by atomic mass is 16.6. The fourth-order valence-corrected chi connectivity index (χ4v) is 1.36. The second-order valence-corrected chi connectivity index (χ2v) is 3.37. The molecule has 0 aliphatic heterocycles. The summed E-state index contributed by atoms with van der Waals surface area (Å²) in [5.41, 5.74) is 1.18. The molecule has 0 aliphatic carbocycles. The summed E-state index contributed by atoms with van der Waals surface area (Å²) in [6.07, 6.45) is 1.63. The van der Waals surface area contributed by atoms with Crippen LogP contribution in [-0.2, 0) is 9.63 Å². The number of hydrogen-bond acceptors (Lipinski definition) is 4. The van der Waals surface area contributed by atoms with Gasteiger partial charge in [-0.2, -0.15) is 0 Å². The van der Waals surface area contributed by atoms with Gasteiger partial charge in [-0.15, -0.1) is 0 Å². The standard InChI is InChI=1S/C11H14N2O3/c1-8(7-10(14)15)11(13-16-2)9-5-3-4-6-12-9/h3-6,8H,7H2,1-2H3,(H,14,15)/b13-11+. The van der Waals surface area contributed by atoms with Crippen molar-refractivity contribution in [3.05, 3.63) is 30.1 Å². The van der Waals surface area contributed by atoms with Gasteiger partial charge in [-0.1, -0.05) is 18.1 Å². The van der Waals surface area contributed by atoms with E-state index in [2.05, 4.69) is 10.1 Å². The van der Waals surface area contributed by atoms with Gasteiger partial charge in [0.25, 0.3) is 0 Å². The molecule has 86 valence electrons. The van der Waals surface area contributed by atoms with Gasteiger partial charge in [-0.3, -0.25) is 9.78 Å². The first-order chi connectivity index (χ1) is 7.65. The topological polar surface area (TPSA) is 71.8 Å². The summed E-state index contributed by atoms with van der Waals surface area (Å²) in [5.74, 6) is -1.11. The fourth-order valence-electron chi connectivity index (χ4n) is 1.36. The van der Waals surface area contributed by atoms with Crippen molar-refractivity contribution in [2.75, 3.05) is 7.11 Å². The first kappa shape index (κ1) is 12.2. The maximum Gasteiger partial charge on any atom is 0.304 e. The highest BCUT2D eigenvalue weighted by Crippen LogP contribution is 2.11. The predicted octanol–water partition coefficient (Wildman–Crippen LogP) is 1.54. The molecule has 1 N–H and O–H groups in total. The molecular weight excluding hydrogens is 208 g/mol. The van der Waals surface area contributed by atoms with Crippen LogP contribution in [0.25, 0.3) is 0 Å². The molecule has 0 radical (unpaired) electrons. The highest BCUT2D eigenvalue weighted by molar-refractivity contribution is 6.01. The minimum atomic E-state index is -0.868. The van der Waals surface area contributed by atoms with E-state index in [-0.39, 0.29) is 12.3 Å². The molecule has 0 bridgehead atoms. The van der Waals surface area contributed by atoms with Crippen LogP contribution in [0.1, 0.15) is 19.0 Å². The van der Waals surface area contributed by atoms with E-state index in [1.54, 1.807) is 25.3 Å². The van der Waals surface area contributed by atoms with Crippen LogP contribution in [0.4, 0.5) is 0 Å². The molecule has 0 saturated heterocycles. The third kappa shape index (κ3) is 3.34. The van der Waals surface area contributed by atoms with E-state index in [0.717, 1.165) is 0 Å². The van der Waals surface area contributed by atoms with Gasteiger partial charge in [0.1, 0.15) is 12.8 Å². The number of carboxylic acids is 1. The summed E-state index contributed by atoms with van der Waals surface area (Å²) in [7, 11) is 1.43. The molecule has 0 amide bonds. The Balaban J connectivity index is 2.92. The summed E-state index contributed by atoms with van der Waals surface area (Å²) < 4.78 is 0. The normalized spacial score (nSPS) is 13.2. The molecule has 0 saturated carbocycles. The van der Waals surface area contributed by atoms with Crippen molar-refractivity contribution in [3.8, 4) is 0 Å². The molecule has 1 aromatic rings. The van der Waals surface area contributed by atoms with Crippen LogP contribution in [0.15, 0.2) is 29.6 Å². The lowest BCUT2D eigenvalue weighted by atomic mass is 9.99. The van der Waals surface area contributed by atoms with Crippen molar-refractivity contribution < 1.29 is 14.7 Å². The molecule has 5 nitrogen and oxygen atoms in total. The molecule has 16 heavy (non-hydrogen) atoms. The number of pyridine rings is 1. The molecule has 5 heteroatoms. The molecule has 1 atom stereocenters. The summed E-state index contributed by atoms with van der Waals surface area (Å²) in [4.78, 5) is 19.5. The molecule has 0 fully saturated rings. The van der Waals surface area contributed by atoms with Gasteiger partial charge in [0.2, 0.25) is 0 Å². The Kier molecular flexibility index (Phi) is 4.44. The summed E-state index contributed by atoms with van der Waals surface area (Å²) in [5, 5.41) is 12.6. The van der Waals surface area contributed by atoms with Crippen LogP contribution in [0.3, 0.4) is 0 Å². The Hall–Kier alpha value is -1.91. The zero-order valence-electron chi connectivity index (χ0n) is 9.25. The smallest absolute Gasteiger partial charge is 0.304 e. The van der Waals surface area contributed by atoms with E-state index in [9.17, 15) is 4.79 Å². The van der Waals surface area contributed by atoms with E-state index in [4.69, 9.17) is 9.94 Å². The van der Waals surface area contributed by atoms with Gasteiger partial charge in [0.15, 0.2) is 0 Å². The molecule has 0 aromatic carbocycles. The number of nitrogens with zero attached hydrogens (tertiary/aromatic N) is 2. The third-order valence-corrected chi connectivity index (χ3v) is 2.06. The van der Waals surface area contributed by atoms with Crippen molar-refractivity contribution >= 4 is 11.7 Å². The Labute approximate surface area is 93.8 Å². The second kappa shape index (κ2) is 5.85. The van der Waals surface area contributed by atoms with E-state index >= 15 is 0 Å². The van der Waals surface area contributed by atoms with E-state index in [1.807, 2.05) is 6.07 Å². The van der Waals surface area contributed by atoms with E-state index in [0.29, 0.717) is 11.4 Å². The SMILES string of the molecule is CO/N=C(/c1ccccn1)C(C)CC(=O)O. The average Bonchev–Trinajstić information content (AvgIpc) is 2.26. The Morgan fingerprint density at radius 3 is 2.88 bits per heavy atom. The molecule has 1 aromatic heterocycles.